The van der Waals surface area contributed by atoms with Gasteiger partial charge in [0.25, 0.3) is 0 Å². The first-order valence-corrected chi connectivity index (χ1v) is 14.4. The Kier molecular flexibility index (Phi) is 11.7. The summed E-state index contributed by atoms with van der Waals surface area (Å²) in [5.74, 6) is -2.52. The van der Waals surface area contributed by atoms with Crippen LogP contribution in [0.4, 0.5) is 0 Å². The second kappa shape index (κ2) is 15.2. The highest BCUT2D eigenvalue weighted by atomic mass is 16.4. The lowest BCUT2D eigenvalue weighted by Gasteiger charge is -2.26. The Bertz CT molecular complexity index is 1350. The molecule has 4 atom stereocenters. The number of para-hydroxylation sites is 1. The fourth-order valence-corrected chi connectivity index (χ4v) is 4.92. The van der Waals surface area contributed by atoms with Crippen molar-refractivity contribution < 1.29 is 24.3 Å². The standard InChI is InChI=1S/C32H43N5O5/c1-19(2)14-24(33)29(38)35-26(15-20(3)4)30(39)36-27(16-21-10-6-5-7-11-21)31(40)37-28(32(41)42)17-22-18-34-25-13-9-8-12-23(22)25/h5-13,18-20,24,26-28,34H,14-17,33H2,1-4H3,(H,35,38)(H,36,39)(H,37,40)(H,41,42). The zero-order chi connectivity index (χ0) is 30.8. The molecule has 0 aliphatic heterocycles. The third kappa shape index (κ3) is 9.44. The van der Waals surface area contributed by atoms with Gasteiger partial charge in [0, 0.05) is 29.9 Å². The number of carbonyl (C=O) groups is 4. The van der Waals surface area contributed by atoms with Gasteiger partial charge in [-0.2, -0.15) is 0 Å². The molecule has 1 aromatic heterocycles. The van der Waals surface area contributed by atoms with E-state index in [1.54, 1.807) is 6.20 Å². The summed E-state index contributed by atoms with van der Waals surface area (Å²) < 4.78 is 0. The maximum Gasteiger partial charge on any atom is 0.326 e. The Morgan fingerprint density at radius 3 is 1.95 bits per heavy atom. The minimum absolute atomic E-state index is 0.0524. The quantitative estimate of drug-likeness (QED) is 0.162. The van der Waals surface area contributed by atoms with Crippen LogP contribution in [0.5, 0.6) is 0 Å². The topological polar surface area (TPSA) is 166 Å². The van der Waals surface area contributed by atoms with Gasteiger partial charge in [-0.3, -0.25) is 14.4 Å². The first kappa shape index (κ1) is 32.3. The minimum Gasteiger partial charge on any atom is -0.480 e. The SMILES string of the molecule is CC(C)CC(N)C(=O)NC(CC(C)C)C(=O)NC(Cc1ccccc1)C(=O)NC(Cc1c[nH]c2ccccc12)C(=O)O. The summed E-state index contributed by atoms with van der Waals surface area (Å²) in [4.78, 5) is 55.2. The maximum absolute atomic E-state index is 13.6. The second-order valence-corrected chi connectivity index (χ2v) is 11.6. The molecule has 0 bridgehead atoms. The van der Waals surface area contributed by atoms with E-state index in [9.17, 15) is 24.3 Å². The molecule has 7 N–H and O–H groups in total. The van der Waals surface area contributed by atoms with Gasteiger partial charge in [0.1, 0.15) is 18.1 Å². The molecular weight excluding hydrogens is 534 g/mol. The molecule has 0 saturated carbocycles. The summed E-state index contributed by atoms with van der Waals surface area (Å²) in [7, 11) is 0. The summed E-state index contributed by atoms with van der Waals surface area (Å²) in [5, 5.41) is 19.0. The predicted octanol–water partition coefficient (Wildman–Crippen LogP) is 2.91. The van der Waals surface area contributed by atoms with Crippen molar-refractivity contribution in [3.05, 3.63) is 71.9 Å². The van der Waals surface area contributed by atoms with E-state index in [0.717, 1.165) is 22.0 Å². The summed E-state index contributed by atoms with van der Waals surface area (Å²) in [6.07, 6.45) is 2.72. The van der Waals surface area contributed by atoms with Crippen LogP contribution in [0.15, 0.2) is 60.8 Å². The number of rotatable bonds is 15. The van der Waals surface area contributed by atoms with Crippen molar-refractivity contribution in [3.63, 3.8) is 0 Å². The van der Waals surface area contributed by atoms with Gasteiger partial charge in [-0.05, 0) is 41.9 Å². The van der Waals surface area contributed by atoms with E-state index < -0.39 is 47.9 Å². The molecule has 3 amide bonds. The lowest BCUT2D eigenvalue weighted by molar-refractivity contribution is -0.142. The number of carbonyl (C=O) groups excluding carboxylic acids is 3. The van der Waals surface area contributed by atoms with Crippen LogP contribution in [-0.2, 0) is 32.0 Å². The van der Waals surface area contributed by atoms with Gasteiger partial charge in [0.2, 0.25) is 17.7 Å². The summed E-state index contributed by atoms with van der Waals surface area (Å²) in [6.45, 7) is 7.77. The van der Waals surface area contributed by atoms with Gasteiger partial charge in [-0.1, -0.05) is 76.2 Å². The number of aromatic amines is 1. The number of carboxylic acids is 1. The first-order valence-electron chi connectivity index (χ1n) is 14.4. The number of benzene rings is 2. The number of nitrogens with two attached hydrogens (primary N) is 1. The number of fused-ring (bicyclic) bond motifs is 1. The van der Waals surface area contributed by atoms with E-state index in [2.05, 4.69) is 20.9 Å². The number of nitrogens with one attached hydrogen (secondary N) is 4. The normalized spacial score (nSPS) is 14.3. The molecule has 0 spiro atoms. The van der Waals surface area contributed by atoms with Crippen molar-refractivity contribution in [2.24, 2.45) is 17.6 Å². The molecule has 3 rings (SSSR count). The lowest BCUT2D eigenvalue weighted by Crippen LogP contribution is -2.58. The molecule has 1 heterocycles. The van der Waals surface area contributed by atoms with Crippen molar-refractivity contribution in [3.8, 4) is 0 Å². The summed E-state index contributed by atoms with van der Waals surface area (Å²) in [6, 6.07) is 12.7. The highest BCUT2D eigenvalue weighted by Gasteiger charge is 2.31. The van der Waals surface area contributed by atoms with E-state index in [0.29, 0.717) is 12.8 Å². The largest absolute Gasteiger partial charge is 0.480 e. The Morgan fingerprint density at radius 1 is 0.738 bits per heavy atom. The van der Waals surface area contributed by atoms with Crippen LogP contribution in [0, 0.1) is 11.8 Å². The Balaban J connectivity index is 1.80. The van der Waals surface area contributed by atoms with Crippen molar-refractivity contribution >= 4 is 34.6 Å². The molecule has 4 unspecified atom stereocenters. The summed E-state index contributed by atoms with van der Waals surface area (Å²) >= 11 is 0. The first-order chi connectivity index (χ1) is 19.9. The molecular formula is C32H43N5O5. The van der Waals surface area contributed by atoms with E-state index in [-0.39, 0.29) is 24.7 Å². The molecule has 0 radical (unpaired) electrons. The van der Waals surface area contributed by atoms with Crippen LogP contribution < -0.4 is 21.7 Å². The fraction of sp³-hybridized carbons (Fsp3) is 0.438. The highest BCUT2D eigenvalue weighted by molar-refractivity contribution is 5.94. The van der Waals surface area contributed by atoms with Crippen molar-refractivity contribution in [2.45, 2.75) is 77.5 Å². The molecule has 42 heavy (non-hydrogen) atoms. The number of hydrogen-bond donors (Lipinski definition) is 6. The second-order valence-electron chi connectivity index (χ2n) is 11.6. The van der Waals surface area contributed by atoms with Gasteiger partial charge in [-0.15, -0.1) is 0 Å². The molecule has 0 fully saturated rings. The lowest BCUT2D eigenvalue weighted by atomic mass is 9.99. The van der Waals surface area contributed by atoms with Gasteiger partial charge < -0.3 is 31.8 Å². The Morgan fingerprint density at radius 2 is 1.31 bits per heavy atom. The molecule has 0 aliphatic carbocycles. The number of aromatic nitrogens is 1. The fourth-order valence-electron chi connectivity index (χ4n) is 4.92. The maximum atomic E-state index is 13.6. The average Bonchev–Trinajstić information content (AvgIpc) is 3.34. The Hall–Kier alpha value is -4.18. The van der Waals surface area contributed by atoms with Gasteiger partial charge in [-0.25, -0.2) is 4.79 Å². The Labute approximate surface area is 246 Å². The molecule has 2 aromatic carbocycles. The van der Waals surface area contributed by atoms with E-state index in [4.69, 9.17) is 5.73 Å². The van der Waals surface area contributed by atoms with Gasteiger partial charge in [0.05, 0.1) is 6.04 Å². The third-order valence-electron chi connectivity index (χ3n) is 7.03. The highest BCUT2D eigenvalue weighted by Crippen LogP contribution is 2.19. The van der Waals surface area contributed by atoms with Crippen molar-refractivity contribution in [2.75, 3.05) is 0 Å². The van der Waals surface area contributed by atoms with Crippen LogP contribution in [0.3, 0.4) is 0 Å². The zero-order valence-electron chi connectivity index (χ0n) is 24.7. The van der Waals surface area contributed by atoms with E-state index in [1.165, 1.54) is 0 Å². The summed E-state index contributed by atoms with van der Waals surface area (Å²) in [5.41, 5.74) is 8.45. The average molecular weight is 578 g/mol. The van der Waals surface area contributed by atoms with E-state index >= 15 is 0 Å². The third-order valence-corrected chi connectivity index (χ3v) is 7.03. The van der Waals surface area contributed by atoms with Crippen molar-refractivity contribution in [1.29, 1.82) is 0 Å². The number of carboxylic acid groups (broad SMARTS) is 1. The molecule has 3 aromatic rings. The van der Waals surface area contributed by atoms with Crippen LogP contribution in [0.25, 0.3) is 10.9 Å². The zero-order valence-corrected chi connectivity index (χ0v) is 24.7. The molecule has 0 aliphatic rings. The smallest absolute Gasteiger partial charge is 0.326 e. The van der Waals surface area contributed by atoms with Crippen LogP contribution in [0.1, 0.15) is 51.7 Å². The minimum atomic E-state index is -1.23. The monoisotopic (exact) mass is 577 g/mol. The van der Waals surface area contributed by atoms with Crippen LogP contribution in [-0.4, -0.2) is 57.9 Å². The molecule has 226 valence electrons. The van der Waals surface area contributed by atoms with Crippen LogP contribution in [0.2, 0.25) is 0 Å². The predicted molar refractivity (Wildman–Crippen MR) is 162 cm³/mol. The molecule has 0 saturated heterocycles. The van der Waals surface area contributed by atoms with Crippen molar-refractivity contribution in [1.82, 2.24) is 20.9 Å². The number of amides is 3. The van der Waals surface area contributed by atoms with Gasteiger partial charge >= 0.3 is 5.97 Å². The van der Waals surface area contributed by atoms with E-state index in [1.807, 2.05) is 82.3 Å². The number of H-pyrrole nitrogens is 1. The number of aliphatic carboxylic acids is 1. The molecule has 10 nitrogen and oxygen atoms in total. The van der Waals surface area contributed by atoms with Gasteiger partial charge in [0.15, 0.2) is 0 Å². The van der Waals surface area contributed by atoms with Crippen LogP contribution >= 0.6 is 0 Å². The molecule has 10 heteroatoms. The number of hydrogen-bond acceptors (Lipinski definition) is 5.